The molecule has 1 N–H and O–H groups in total. The monoisotopic (exact) mass is 254 g/mol. The molecule has 1 aliphatic rings. The van der Waals surface area contributed by atoms with Gasteiger partial charge in [0.25, 0.3) is 0 Å². The smallest absolute Gasteiger partial charge is 0.209 e. The molecule has 1 aliphatic heterocycles. The van der Waals surface area contributed by atoms with E-state index in [1.54, 1.807) is 24.3 Å². The van der Waals surface area contributed by atoms with Crippen molar-refractivity contribution in [3.05, 3.63) is 29.3 Å². The Morgan fingerprint density at radius 1 is 1.41 bits per heavy atom. The average Bonchev–Trinajstić information content (AvgIpc) is 2.37. The Labute approximate surface area is 106 Å². The molecule has 0 aliphatic carbocycles. The summed E-state index contributed by atoms with van der Waals surface area (Å²) >= 11 is 5.87. The van der Waals surface area contributed by atoms with Crippen molar-refractivity contribution in [3.63, 3.8) is 0 Å². The van der Waals surface area contributed by atoms with E-state index in [0.717, 1.165) is 32.5 Å². The number of piperazine rings is 1. The van der Waals surface area contributed by atoms with E-state index in [4.69, 9.17) is 16.3 Å². The van der Waals surface area contributed by atoms with Crippen LogP contribution < -0.4 is 10.1 Å². The fourth-order valence-corrected chi connectivity index (χ4v) is 1.99. The van der Waals surface area contributed by atoms with Crippen LogP contribution in [0.3, 0.4) is 0 Å². The number of aldehydes is 1. The van der Waals surface area contributed by atoms with Gasteiger partial charge in [-0.3, -0.25) is 9.69 Å². The first-order valence-corrected chi connectivity index (χ1v) is 5.99. The van der Waals surface area contributed by atoms with Crippen molar-refractivity contribution >= 4 is 17.9 Å². The van der Waals surface area contributed by atoms with Crippen LogP contribution in [-0.2, 0) is 4.79 Å². The summed E-state index contributed by atoms with van der Waals surface area (Å²) in [4.78, 5) is 13.1. The van der Waals surface area contributed by atoms with Gasteiger partial charge in [0.05, 0.1) is 0 Å². The Balaban J connectivity index is 2.01. The van der Waals surface area contributed by atoms with Crippen molar-refractivity contribution in [3.8, 4) is 5.75 Å². The lowest BCUT2D eigenvalue weighted by Crippen LogP contribution is -2.51. The van der Waals surface area contributed by atoms with Crippen LogP contribution >= 0.6 is 11.6 Å². The van der Waals surface area contributed by atoms with Crippen molar-refractivity contribution in [2.45, 2.75) is 6.23 Å². The van der Waals surface area contributed by atoms with Crippen LogP contribution in [0.1, 0.15) is 0 Å². The molecular weight excluding hydrogens is 240 g/mol. The van der Waals surface area contributed by atoms with Gasteiger partial charge in [-0.1, -0.05) is 17.7 Å². The van der Waals surface area contributed by atoms with Crippen molar-refractivity contribution < 1.29 is 9.53 Å². The SMILES string of the molecule is O=CC(Oc1cccc(Cl)c1)N1CCNCC1. The summed E-state index contributed by atoms with van der Waals surface area (Å²) in [5.74, 6) is 0.619. The zero-order valence-electron chi connectivity index (χ0n) is 9.43. The van der Waals surface area contributed by atoms with Gasteiger partial charge in [-0.05, 0) is 18.2 Å². The van der Waals surface area contributed by atoms with Crippen molar-refractivity contribution in [2.75, 3.05) is 26.2 Å². The lowest BCUT2D eigenvalue weighted by atomic mass is 10.3. The molecule has 1 aromatic carbocycles. The predicted octanol–water partition coefficient (Wildman–Crippen LogP) is 1.15. The highest BCUT2D eigenvalue weighted by molar-refractivity contribution is 6.30. The molecule has 0 radical (unpaired) electrons. The fraction of sp³-hybridized carbons (Fsp3) is 0.417. The fourth-order valence-electron chi connectivity index (χ4n) is 1.80. The topological polar surface area (TPSA) is 41.6 Å². The number of benzene rings is 1. The number of nitrogens with zero attached hydrogens (tertiary/aromatic N) is 1. The minimum absolute atomic E-state index is 0.532. The van der Waals surface area contributed by atoms with Crippen molar-refractivity contribution in [1.29, 1.82) is 0 Å². The van der Waals surface area contributed by atoms with Crippen molar-refractivity contribution in [2.24, 2.45) is 0 Å². The molecule has 0 bridgehead atoms. The molecule has 5 heteroatoms. The lowest BCUT2D eigenvalue weighted by molar-refractivity contribution is -0.122. The normalized spacial score (nSPS) is 18.6. The van der Waals surface area contributed by atoms with Gasteiger partial charge in [0.2, 0.25) is 6.23 Å². The maximum Gasteiger partial charge on any atom is 0.209 e. The zero-order valence-corrected chi connectivity index (χ0v) is 10.2. The van der Waals surface area contributed by atoms with Crippen LogP contribution in [-0.4, -0.2) is 43.6 Å². The quantitative estimate of drug-likeness (QED) is 0.819. The Kier molecular flexibility index (Phi) is 4.36. The zero-order chi connectivity index (χ0) is 12.1. The highest BCUT2D eigenvalue weighted by Crippen LogP contribution is 2.19. The van der Waals surface area contributed by atoms with Gasteiger partial charge in [-0.25, -0.2) is 0 Å². The minimum atomic E-state index is -0.532. The summed E-state index contributed by atoms with van der Waals surface area (Å²) in [6.45, 7) is 3.38. The number of nitrogens with one attached hydrogen (secondary N) is 1. The number of hydrogen-bond acceptors (Lipinski definition) is 4. The van der Waals surface area contributed by atoms with Gasteiger partial charge in [-0.2, -0.15) is 0 Å². The van der Waals surface area contributed by atoms with E-state index in [-0.39, 0.29) is 0 Å². The number of halogens is 1. The average molecular weight is 255 g/mol. The highest BCUT2D eigenvalue weighted by Gasteiger charge is 2.21. The summed E-state index contributed by atoms with van der Waals surface area (Å²) < 4.78 is 5.63. The first kappa shape index (κ1) is 12.4. The molecule has 0 amide bonds. The van der Waals surface area contributed by atoms with E-state index in [0.29, 0.717) is 10.8 Å². The molecule has 4 nitrogen and oxygen atoms in total. The molecule has 1 atom stereocenters. The van der Waals surface area contributed by atoms with Gasteiger partial charge in [0.15, 0.2) is 6.29 Å². The first-order valence-electron chi connectivity index (χ1n) is 5.62. The molecule has 92 valence electrons. The number of rotatable bonds is 4. The molecule has 1 fully saturated rings. The van der Waals surface area contributed by atoms with Gasteiger partial charge in [0.1, 0.15) is 5.75 Å². The molecule has 17 heavy (non-hydrogen) atoms. The van der Waals surface area contributed by atoms with Crippen LogP contribution in [0.5, 0.6) is 5.75 Å². The molecule has 0 aromatic heterocycles. The highest BCUT2D eigenvalue weighted by atomic mass is 35.5. The maximum atomic E-state index is 11.1. The van der Waals surface area contributed by atoms with Gasteiger partial charge < -0.3 is 10.1 Å². The van der Waals surface area contributed by atoms with Crippen LogP contribution in [0.2, 0.25) is 5.02 Å². The molecular formula is C12H15ClN2O2. The number of carbonyl (C=O) groups excluding carboxylic acids is 1. The minimum Gasteiger partial charge on any atom is -0.468 e. The molecule has 2 rings (SSSR count). The summed E-state index contributed by atoms with van der Waals surface area (Å²) in [6, 6.07) is 7.08. The second-order valence-corrected chi connectivity index (χ2v) is 4.32. The van der Waals surface area contributed by atoms with E-state index >= 15 is 0 Å². The standard InChI is InChI=1S/C12H15ClN2O2/c13-10-2-1-3-11(8-10)17-12(9-16)15-6-4-14-5-7-15/h1-3,8-9,12,14H,4-7H2. The molecule has 1 unspecified atom stereocenters. The Hall–Kier alpha value is -1.10. The van der Waals surface area contributed by atoms with Gasteiger partial charge in [-0.15, -0.1) is 0 Å². The summed E-state index contributed by atoms with van der Waals surface area (Å²) in [6.07, 6.45) is 0.294. The maximum absolute atomic E-state index is 11.1. The third kappa shape index (κ3) is 3.43. The number of ether oxygens (including phenoxy) is 1. The summed E-state index contributed by atoms with van der Waals surface area (Å²) in [7, 11) is 0. The summed E-state index contributed by atoms with van der Waals surface area (Å²) in [5.41, 5.74) is 0. The van der Waals surface area contributed by atoms with Crippen LogP contribution in [0.15, 0.2) is 24.3 Å². The van der Waals surface area contributed by atoms with E-state index < -0.39 is 6.23 Å². The second-order valence-electron chi connectivity index (χ2n) is 3.89. The Bertz CT molecular complexity index is 381. The van der Waals surface area contributed by atoms with Crippen LogP contribution in [0.25, 0.3) is 0 Å². The number of carbonyl (C=O) groups is 1. The van der Waals surface area contributed by atoms with E-state index in [9.17, 15) is 4.79 Å². The third-order valence-electron chi connectivity index (χ3n) is 2.68. The van der Waals surface area contributed by atoms with Crippen LogP contribution in [0, 0.1) is 0 Å². The molecule has 1 heterocycles. The molecule has 0 saturated carbocycles. The second kappa shape index (κ2) is 6.00. The van der Waals surface area contributed by atoms with Gasteiger partial charge in [0, 0.05) is 31.2 Å². The lowest BCUT2D eigenvalue weighted by Gasteiger charge is -2.31. The first-order chi connectivity index (χ1) is 8.29. The van der Waals surface area contributed by atoms with Crippen molar-refractivity contribution in [1.82, 2.24) is 10.2 Å². The largest absolute Gasteiger partial charge is 0.468 e. The molecule has 1 saturated heterocycles. The predicted molar refractivity (Wildman–Crippen MR) is 66.4 cm³/mol. The third-order valence-corrected chi connectivity index (χ3v) is 2.92. The van der Waals surface area contributed by atoms with Crippen LogP contribution in [0.4, 0.5) is 0 Å². The number of hydrogen-bond donors (Lipinski definition) is 1. The van der Waals surface area contributed by atoms with E-state index in [2.05, 4.69) is 5.32 Å². The van der Waals surface area contributed by atoms with E-state index in [1.165, 1.54) is 0 Å². The van der Waals surface area contributed by atoms with Gasteiger partial charge >= 0.3 is 0 Å². The Morgan fingerprint density at radius 2 is 2.18 bits per heavy atom. The van der Waals surface area contributed by atoms with E-state index in [1.807, 2.05) is 4.90 Å². The molecule has 0 spiro atoms. The summed E-state index contributed by atoms with van der Waals surface area (Å²) in [5, 5.41) is 3.84. The molecule has 1 aromatic rings. The Morgan fingerprint density at radius 3 is 2.82 bits per heavy atom.